The lowest BCUT2D eigenvalue weighted by Gasteiger charge is -2.41. The number of fused-ring (bicyclic) bond motifs is 2. The van der Waals surface area contributed by atoms with Gasteiger partial charge in [-0.25, -0.2) is 9.98 Å². The van der Waals surface area contributed by atoms with Gasteiger partial charge in [0.2, 0.25) is 0 Å². The van der Waals surface area contributed by atoms with Crippen LogP contribution in [0.15, 0.2) is 33.9 Å². The number of rotatable bonds is 3. The molecule has 0 bridgehead atoms. The fourth-order valence-corrected chi connectivity index (χ4v) is 4.25. The zero-order chi connectivity index (χ0) is 18.5. The first-order valence-electron chi connectivity index (χ1n) is 8.82. The summed E-state index contributed by atoms with van der Waals surface area (Å²) in [4.78, 5) is 21.2. The van der Waals surface area contributed by atoms with Crippen LogP contribution in [0, 0.1) is 12.3 Å². The Balaban J connectivity index is 1.69. The van der Waals surface area contributed by atoms with Crippen molar-refractivity contribution in [2.45, 2.75) is 45.6 Å². The SMILES string of the molecule is Cc1nc(C(=O)Cc2ccc3c(c2)C2(COC(N)=N2)CC(C)(C)C3)co1. The lowest BCUT2D eigenvalue weighted by Crippen LogP contribution is -2.39. The fourth-order valence-electron chi connectivity index (χ4n) is 4.25. The van der Waals surface area contributed by atoms with Gasteiger partial charge in [0.05, 0.1) is 0 Å². The van der Waals surface area contributed by atoms with E-state index in [1.165, 1.54) is 11.8 Å². The summed E-state index contributed by atoms with van der Waals surface area (Å²) in [6.07, 6.45) is 3.53. The number of nitrogens with two attached hydrogens (primary N) is 1. The second kappa shape index (κ2) is 5.69. The van der Waals surface area contributed by atoms with Gasteiger partial charge in [-0.1, -0.05) is 32.0 Å². The van der Waals surface area contributed by atoms with Crippen LogP contribution >= 0.6 is 0 Å². The van der Waals surface area contributed by atoms with Crippen LogP contribution < -0.4 is 5.73 Å². The minimum atomic E-state index is -0.454. The molecule has 0 amide bonds. The third kappa shape index (κ3) is 2.89. The standard InChI is InChI=1S/C20H23N3O3/c1-12-22-16(9-25-12)17(24)7-13-4-5-14-8-19(2,3)10-20(15(14)6-13)11-26-18(21)23-20/h4-6,9H,7-8,10-11H2,1-3H3,(H2,21,23). The van der Waals surface area contributed by atoms with Crippen molar-refractivity contribution in [3.05, 3.63) is 52.7 Å². The molecule has 0 fully saturated rings. The third-order valence-electron chi connectivity index (χ3n) is 5.17. The van der Waals surface area contributed by atoms with Crippen molar-refractivity contribution in [1.82, 2.24) is 4.98 Å². The first-order valence-corrected chi connectivity index (χ1v) is 8.82. The lowest BCUT2D eigenvalue weighted by molar-refractivity contribution is 0.0988. The Labute approximate surface area is 152 Å². The molecule has 1 aliphatic carbocycles. The largest absolute Gasteiger partial charge is 0.462 e. The van der Waals surface area contributed by atoms with Gasteiger partial charge < -0.3 is 14.9 Å². The molecule has 2 heterocycles. The maximum atomic E-state index is 12.5. The zero-order valence-corrected chi connectivity index (χ0v) is 15.3. The number of ether oxygens (including phenoxy) is 1. The molecule has 6 heteroatoms. The number of amidine groups is 1. The molecule has 2 aromatic rings. The van der Waals surface area contributed by atoms with Gasteiger partial charge in [0.15, 0.2) is 11.7 Å². The highest BCUT2D eigenvalue weighted by Gasteiger charge is 2.47. The summed E-state index contributed by atoms with van der Waals surface area (Å²) in [7, 11) is 0. The van der Waals surface area contributed by atoms with Crippen molar-refractivity contribution >= 4 is 11.8 Å². The summed E-state index contributed by atoms with van der Waals surface area (Å²) < 4.78 is 10.7. The van der Waals surface area contributed by atoms with Crippen molar-refractivity contribution in [3.8, 4) is 0 Å². The van der Waals surface area contributed by atoms with Crippen molar-refractivity contribution < 1.29 is 13.9 Å². The van der Waals surface area contributed by atoms with E-state index in [9.17, 15) is 4.79 Å². The molecule has 4 rings (SSSR count). The molecule has 0 saturated heterocycles. The molecule has 136 valence electrons. The molecule has 1 unspecified atom stereocenters. The van der Waals surface area contributed by atoms with E-state index < -0.39 is 5.54 Å². The van der Waals surface area contributed by atoms with E-state index in [2.05, 4.69) is 36.0 Å². The van der Waals surface area contributed by atoms with E-state index in [1.54, 1.807) is 6.92 Å². The number of carbonyl (C=O) groups is 1. The molecule has 2 aliphatic rings. The van der Waals surface area contributed by atoms with Gasteiger partial charge in [0.1, 0.15) is 24.1 Å². The Morgan fingerprint density at radius 2 is 2.15 bits per heavy atom. The van der Waals surface area contributed by atoms with Crippen LogP contribution in [-0.2, 0) is 23.1 Å². The van der Waals surface area contributed by atoms with Gasteiger partial charge >= 0.3 is 0 Å². The van der Waals surface area contributed by atoms with Crippen LogP contribution in [-0.4, -0.2) is 23.4 Å². The maximum absolute atomic E-state index is 12.5. The van der Waals surface area contributed by atoms with Crippen LogP contribution in [0.25, 0.3) is 0 Å². The Bertz CT molecular complexity index is 913. The molecule has 0 saturated carbocycles. The third-order valence-corrected chi connectivity index (χ3v) is 5.17. The van der Waals surface area contributed by atoms with Crippen molar-refractivity contribution in [1.29, 1.82) is 0 Å². The number of hydrogen-bond acceptors (Lipinski definition) is 6. The predicted octanol–water partition coefficient (Wildman–Crippen LogP) is 2.92. The number of Topliss-reactive ketones (excluding diaryl/α,β-unsaturated/α-hetero) is 1. The van der Waals surface area contributed by atoms with Gasteiger partial charge in [0.25, 0.3) is 6.02 Å². The first-order chi connectivity index (χ1) is 12.3. The number of aliphatic imine (C=N–C) groups is 1. The molecule has 1 atom stereocenters. The summed E-state index contributed by atoms with van der Waals surface area (Å²) in [6, 6.07) is 6.45. The summed E-state index contributed by atoms with van der Waals surface area (Å²) in [5, 5.41) is 0. The van der Waals surface area contributed by atoms with E-state index in [-0.39, 0.29) is 23.6 Å². The average Bonchev–Trinajstić information content (AvgIpc) is 3.14. The van der Waals surface area contributed by atoms with E-state index in [4.69, 9.17) is 14.9 Å². The second-order valence-corrected chi connectivity index (χ2v) is 8.13. The smallest absolute Gasteiger partial charge is 0.283 e. The number of benzene rings is 1. The number of hydrogen-bond donors (Lipinski definition) is 1. The highest BCUT2D eigenvalue weighted by molar-refractivity contribution is 5.95. The number of carbonyl (C=O) groups excluding carboxylic acids is 1. The molecule has 2 N–H and O–H groups in total. The fraction of sp³-hybridized carbons (Fsp3) is 0.450. The van der Waals surface area contributed by atoms with Gasteiger partial charge in [0, 0.05) is 13.3 Å². The lowest BCUT2D eigenvalue weighted by atomic mass is 9.65. The molecule has 26 heavy (non-hydrogen) atoms. The summed E-state index contributed by atoms with van der Waals surface area (Å²) in [6.45, 7) is 6.66. The van der Waals surface area contributed by atoms with Gasteiger partial charge in [-0.2, -0.15) is 0 Å². The van der Waals surface area contributed by atoms with Crippen LogP contribution in [0.3, 0.4) is 0 Å². The average molecular weight is 353 g/mol. The number of nitrogens with zero attached hydrogens (tertiary/aromatic N) is 2. The molecule has 0 radical (unpaired) electrons. The monoisotopic (exact) mass is 353 g/mol. The molecule has 1 aliphatic heterocycles. The highest BCUT2D eigenvalue weighted by atomic mass is 16.5. The summed E-state index contributed by atoms with van der Waals surface area (Å²) in [5.41, 5.74) is 9.17. The first kappa shape index (κ1) is 16.8. The van der Waals surface area contributed by atoms with Crippen molar-refractivity contribution in [2.75, 3.05) is 6.61 Å². The van der Waals surface area contributed by atoms with E-state index in [0.29, 0.717) is 18.2 Å². The molecule has 1 aromatic heterocycles. The highest BCUT2D eigenvalue weighted by Crippen LogP contribution is 2.48. The van der Waals surface area contributed by atoms with E-state index >= 15 is 0 Å². The Morgan fingerprint density at radius 1 is 1.35 bits per heavy atom. The van der Waals surface area contributed by atoms with Gasteiger partial charge in [-0.15, -0.1) is 0 Å². The summed E-state index contributed by atoms with van der Waals surface area (Å²) in [5.74, 6) is 0.436. The van der Waals surface area contributed by atoms with E-state index in [1.807, 2.05) is 6.07 Å². The maximum Gasteiger partial charge on any atom is 0.283 e. The van der Waals surface area contributed by atoms with Crippen LogP contribution in [0.4, 0.5) is 0 Å². The van der Waals surface area contributed by atoms with Crippen molar-refractivity contribution in [3.63, 3.8) is 0 Å². The van der Waals surface area contributed by atoms with Crippen LogP contribution in [0.2, 0.25) is 0 Å². The second-order valence-electron chi connectivity index (χ2n) is 8.13. The Hall–Kier alpha value is -2.63. The Morgan fingerprint density at radius 3 is 2.81 bits per heavy atom. The van der Waals surface area contributed by atoms with Crippen molar-refractivity contribution in [2.24, 2.45) is 16.1 Å². The van der Waals surface area contributed by atoms with Gasteiger partial charge in [-0.05, 0) is 34.9 Å². The number of aromatic nitrogens is 1. The number of oxazole rings is 1. The quantitative estimate of drug-likeness (QED) is 0.857. The van der Waals surface area contributed by atoms with Crippen LogP contribution in [0.1, 0.15) is 53.3 Å². The molecule has 1 spiro atoms. The van der Waals surface area contributed by atoms with Gasteiger partial charge in [-0.3, -0.25) is 4.79 Å². The molecule has 1 aromatic carbocycles. The number of ketones is 1. The minimum Gasteiger partial charge on any atom is -0.462 e. The zero-order valence-electron chi connectivity index (χ0n) is 15.3. The molecular formula is C20H23N3O3. The normalized spacial score (nSPS) is 23.4. The number of aryl methyl sites for hydroxylation is 1. The summed E-state index contributed by atoms with van der Waals surface area (Å²) >= 11 is 0. The van der Waals surface area contributed by atoms with E-state index in [0.717, 1.165) is 24.0 Å². The molecule has 6 nitrogen and oxygen atoms in total. The molecular weight excluding hydrogens is 330 g/mol. The van der Waals surface area contributed by atoms with Crippen LogP contribution in [0.5, 0.6) is 0 Å². The topological polar surface area (TPSA) is 90.7 Å². The predicted molar refractivity (Wildman–Crippen MR) is 97.1 cm³/mol. The minimum absolute atomic E-state index is 0.0577. The Kier molecular flexibility index (Phi) is 3.68.